The third-order valence-corrected chi connectivity index (χ3v) is 1.38. The Balaban J connectivity index is 2.95. The number of fused-ring (bicyclic) bond motifs is 1. The smallest absolute Gasteiger partial charge is 0.170 e. The predicted molar refractivity (Wildman–Crippen MR) is 37.4 cm³/mol. The molecule has 50 valence electrons. The van der Waals surface area contributed by atoms with Crippen LogP contribution >= 0.6 is 0 Å². The van der Waals surface area contributed by atoms with Gasteiger partial charge in [-0.25, -0.2) is 0 Å². The second-order valence-corrected chi connectivity index (χ2v) is 2.02. The average Bonchev–Trinajstić information content (AvgIpc) is 2.36. The van der Waals surface area contributed by atoms with E-state index in [1.54, 1.807) is 6.33 Å². The van der Waals surface area contributed by atoms with Crippen molar-refractivity contribution in [3.63, 3.8) is 0 Å². The fourth-order valence-electron chi connectivity index (χ4n) is 0.906. The first kappa shape index (κ1) is 5.22. The lowest BCUT2D eigenvalue weighted by Gasteiger charge is -1.93. The Morgan fingerprint density at radius 1 is 1.50 bits per heavy atom. The fourth-order valence-corrected chi connectivity index (χ4v) is 0.906. The highest BCUT2D eigenvalue weighted by molar-refractivity contribution is 5.64. The Bertz CT molecular complexity index is 351. The minimum atomic E-state index is 0.465. The third-order valence-electron chi connectivity index (χ3n) is 1.38. The van der Waals surface area contributed by atoms with Crippen LogP contribution in [0.4, 0.5) is 5.82 Å². The highest BCUT2D eigenvalue weighted by Gasteiger charge is 1.95. The van der Waals surface area contributed by atoms with E-state index in [4.69, 9.17) is 5.73 Å². The highest BCUT2D eigenvalue weighted by atomic mass is 15.2. The number of nitrogen functional groups attached to an aromatic ring is 1. The van der Waals surface area contributed by atoms with Gasteiger partial charge < -0.3 is 10.1 Å². The standard InChI is InChI=1S/C6H6N4/c7-6-5-2-1-3-10(5)4-8-9-6/h1-4H,(H2,7,9). The summed E-state index contributed by atoms with van der Waals surface area (Å²) < 4.78 is 1.82. The zero-order valence-electron chi connectivity index (χ0n) is 5.23. The summed E-state index contributed by atoms with van der Waals surface area (Å²) >= 11 is 0. The number of nitrogens with two attached hydrogens (primary N) is 1. The van der Waals surface area contributed by atoms with Gasteiger partial charge in [0.25, 0.3) is 0 Å². The van der Waals surface area contributed by atoms with Gasteiger partial charge in [-0.15, -0.1) is 10.2 Å². The summed E-state index contributed by atoms with van der Waals surface area (Å²) in [7, 11) is 0. The quantitative estimate of drug-likeness (QED) is 0.564. The molecule has 0 aliphatic heterocycles. The van der Waals surface area contributed by atoms with Crippen molar-refractivity contribution in [3.05, 3.63) is 24.7 Å². The Morgan fingerprint density at radius 3 is 3.20 bits per heavy atom. The zero-order valence-corrected chi connectivity index (χ0v) is 5.23. The maximum atomic E-state index is 5.51. The van der Waals surface area contributed by atoms with Gasteiger partial charge in [0.15, 0.2) is 5.82 Å². The largest absolute Gasteiger partial charge is 0.380 e. The van der Waals surface area contributed by atoms with E-state index in [9.17, 15) is 0 Å². The number of hydrogen-bond acceptors (Lipinski definition) is 3. The van der Waals surface area contributed by atoms with E-state index in [-0.39, 0.29) is 0 Å². The molecule has 0 saturated carbocycles. The molecule has 0 amide bonds. The Morgan fingerprint density at radius 2 is 2.40 bits per heavy atom. The number of anilines is 1. The first-order valence-electron chi connectivity index (χ1n) is 2.92. The van der Waals surface area contributed by atoms with Crippen LogP contribution in [0.2, 0.25) is 0 Å². The lowest BCUT2D eigenvalue weighted by atomic mass is 10.5. The van der Waals surface area contributed by atoms with Crippen LogP contribution < -0.4 is 5.73 Å². The van der Waals surface area contributed by atoms with Crippen molar-refractivity contribution < 1.29 is 0 Å². The predicted octanol–water partition coefficient (Wildman–Crippen LogP) is 0.311. The van der Waals surface area contributed by atoms with E-state index in [0.717, 1.165) is 5.52 Å². The van der Waals surface area contributed by atoms with E-state index in [1.807, 2.05) is 22.7 Å². The summed E-state index contributed by atoms with van der Waals surface area (Å²) in [5, 5.41) is 7.36. The summed E-state index contributed by atoms with van der Waals surface area (Å²) in [6.07, 6.45) is 3.49. The molecule has 0 radical (unpaired) electrons. The summed E-state index contributed by atoms with van der Waals surface area (Å²) in [6, 6.07) is 3.79. The molecule has 0 aromatic carbocycles. The van der Waals surface area contributed by atoms with Gasteiger partial charge in [0, 0.05) is 6.20 Å². The molecule has 0 bridgehead atoms. The number of rotatable bonds is 0. The molecule has 4 nitrogen and oxygen atoms in total. The maximum absolute atomic E-state index is 5.51. The van der Waals surface area contributed by atoms with Crippen molar-refractivity contribution in [2.75, 3.05) is 5.73 Å². The third kappa shape index (κ3) is 0.556. The van der Waals surface area contributed by atoms with E-state index in [1.165, 1.54) is 0 Å². The van der Waals surface area contributed by atoms with Crippen molar-refractivity contribution in [2.24, 2.45) is 0 Å². The molecule has 0 spiro atoms. The van der Waals surface area contributed by atoms with E-state index in [0.29, 0.717) is 5.82 Å². The molecule has 0 aliphatic rings. The minimum absolute atomic E-state index is 0.465. The molecule has 2 aromatic rings. The van der Waals surface area contributed by atoms with Gasteiger partial charge in [-0.2, -0.15) is 0 Å². The van der Waals surface area contributed by atoms with Gasteiger partial charge >= 0.3 is 0 Å². The number of nitrogens with zero attached hydrogens (tertiary/aromatic N) is 3. The second-order valence-electron chi connectivity index (χ2n) is 2.02. The molecule has 0 aliphatic carbocycles. The van der Waals surface area contributed by atoms with Crippen molar-refractivity contribution in [3.8, 4) is 0 Å². The van der Waals surface area contributed by atoms with Gasteiger partial charge in [0.1, 0.15) is 6.33 Å². The van der Waals surface area contributed by atoms with Crippen LogP contribution in [-0.4, -0.2) is 14.6 Å². The van der Waals surface area contributed by atoms with Crippen molar-refractivity contribution in [2.45, 2.75) is 0 Å². The number of hydrogen-bond donors (Lipinski definition) is 1. The van der Waals surface area contributed by atoms with Crippen LogP contribution in [-0.2, 0) is 0 Å². The lowest BCUT2D eigenvalue weighted by molar-refractivity contribution is 0.959. The van der Waals surface area contributed by atoms with Gasteiger partial charge in [0.05, 0.1) is 5.52 Å². The average molecular weight is 134 g/mol. The molecular formula is C6H6N4. The van der Waals surface area contributed by atoms with Crippen LogP contribution in [0, 0.1) is 0 Å². The fraction of sp³-hybridized carbons (Fsp3) is 0. The molecular weight excluding hydrogens is 128 g/mol. The van der Waals surface area contributed by atoms with Gasteiger partial charge in [-0.3, -0.25) is 0 Å². The van der Waals surface area contributed by atoms with E-state index < -0.39 is 0 Å². The summed E-state index contributed by atoms with van der Waals surface area (Å²) in [4.78, 5) is 0. The lowest BCUT2D eigenvalue weighted by Crippen LogP contribution is -1.96. The molecule has 4 heteroatoms. The molecule has 2 N–H and O–H groups in total. The summed E-state index contributed by atoms with van der Waals surface area (Å²) in [5.74, 6) is 0.465. The van der Waals surface area contributed by atoms with E-state index >= 15 is 0 Å². The Labute approximate surface area is 57.3 Å². The Hall–Kier alpha value is -1.58. The molecule has 10 heavy (non-hydrogen) atoms. The van der Waals surface area contributed by atoms with Crippen molar-refractivity contribution in [1.29, 1.82) is 0 Å². The Kier molecular flexibility index (Phi) is 0.887. The monoisotopic (exact) mass is 134 g/mol. The van der Waals surface area contributed by atoms with Crippen LogP contribution in [0.1, 0.15) is 0 Å². The first-order valence-corrected chi connectivity index (χ1v) is 2.92. The molecule has 0 fully saturated rings. The van der Waals surface area contributed by atoms with Gasteiger partial charge in [-0.1, -0.05) is 0 Å². The molecule has 0 unspecified atom stereocenters. The minimum Gasteiger partial charge on any atom is -0.380 e. The van der Waals surface area contributed by atoms with Crippen LogP contribution in [0.25, 0.3) is 5.52 Å². The summed E-state index contributed by atoms with van der Waals surface area (Å²) in [6.45, 7) is 0. The van der Waals surface area contributed by atoms with Crippen LogP contribution in [0.15, 0.2) is 24.7 Å². The zero-order chi connectivity index (χ0) is 6.97. The second kappa shape index (κ2) is 1.70. The molecule has 2 rings (SSSR count). The summed E-state index contributed by atoms with van der Waals surface area (Å²) in [5.41, 5.74) is 6.40. The van der Waals surface area contributed by atoms with Gasteiger partial charge in [0.2, 0.25) is 0 Å². The first-order chi connectivity index (χ1) is 4.88. The molecule has 2 aromatic heterocycles. The van der Waals surface area contributed by atoms with Crippen molar-refractivity contribution in [1.82, 2.24) is 14.6 Å². The van der Waals surface area contributed by atoms with E-state index in [2.05, 4.69) is 10.2 Å². The van der Waals surface area contributed by atoms with Gasteiger partial charge in [-0.05, 0) is 12.1 Å². The van der Waals surface area contributed by atoms with Crippen molar-refractivity contribution >= 4 is 11.3 Å². The number of aromatic nitrogens is 3. The molecule has 0 atom stereocenters. The molecule has 0 saturated heterocycles. The molecule has 2 heterocycles. The van der Waals surface area contributed by atoms with Crippen LogP contribution in [0.5, 0.6) is 0 Å². The highest BCUT2D eigenvalue weighted by Crippen LogP contribution is 2.07. The topological polar surface area (TPSA) is 56.2 Å². The SMILES string of the molecule is Nc1nncn2cccc12. The van der Waals surface area contributed by atoms with Crippen LogP contribution in [0.3, 0.4) is 0 Å². The maximum Gasteiger partial charge on any atom is 0.170 e. The normalized spacial score (nSPS) is 10.4.